The third kappa shape index (κ3) is 2.66. The monoisotopic (exact) mass is 282 g/mol. The van der Waals surface area contributed by atoms with Crippen molar-refractivity contribution in [3.63, 3.8) is 0 Å². The first-order chi connectivity index (χ1) is 8.63. The molecule has 0 radical (unpaired) electrons. The van der Waals surface area contributed by atoms with Crippen molar-refractivity contribution in [3.8, 4) is 11.3 Å². The van der Waals surface area contributed by atoms with Gasteiger partial charge in [0.1, 0.15) is 0 Å². The molecular weight excluding hydrogens is 268 g/mol. The van der Waals surface area contributed by atoms with Crippen LogP contribution in [0.1, 0.15) is 11.3 Å². The first-order valence-corrected chi connectivity index (χ1v) is 6.99. The standard InChI is InChI=1S/C13H15ClN2OS/c1-9-12(10-3-5-11(14)6-4-10)16(8-2-7-15)13(17)18-9/h3-6H,2,7-8,15H2,1H3. The van der Waals surface area contributed by atoms with E-state index < -0.39 is 0 Å². The fraction of sp³-hybridized carbons (Fsp3) is 0.308. The number of aromatic nitrogens is 1. The van der Waals surface area contributed by atoms with Crippen molar-refractivity contribution in [1.29, 1.82) is 0 Å². The van der Waals surface area contributed by atoms with Gasteiger partial charge in [-0.3, -0.25) is 9.36 Å². The fourth-order valence-corrected chi connectivity index (χ4v) is 2.94. The molecular formula is C13H15ClN2OS. The van der Waals surface area contributed by atoms with Crippen molar-refractivity contribution in [1.82, 2.24) is 4.57 Å². The van der Waals surface area contributed by atoms with Gasteiger partial charge in [-0.2, -0.15) is 0 Å². The molecule has 0 saturated heterocycles. The summed E-state index contributed by atoms with van der Waals surface area (Å²) in [6.07, 6.45) is 0.802. The first kappa shape index (κ1) is 13.3. The molecule has 96 valence electrons. The highest BCUT2D eigenvalue weighted by atomic mass is 35.5. The summed E-state index contributed by atoms with van der Waals surface area (Å²) in [4.78, 5) is 13.0. The van der Waals surface area contributed by atoms with Crippen LogP contribution >= 0.6 is 22.9 Å². The molecule has 0 aliphatic heterocycles. The normalized spacial score (nSPS) is 10.8. The van der Waals surface area contributed by atoms with Gasteiger partial charge in [0.2, 0.25) is 0 Å². The summed E-state index contributed by atoms with van der Waals surface area (Å²) in [7, 11) is 0. The zero-order chi connectivity index (χ0) is 13.1. The second-order valence-electron chi connectivity index (χ2n) is 4.07. The summed E-state index contributed by atoms with van der Waals surface area (Å²) >= 11 is 7.16. The number of nitrogens with zero attached hydrogens (tertiary/aromatic N) is 1. The zero-order valence-electron chi connectivity index (χ0n) is 10.1. The summed E-state index contributed by atoms with van der Waals surface area (Å²) in [6.45, 7) is 3.22. The van der Waals surface area contributed by atoms with Crippen LogP contribution in [0, 0.1) is 6.92 Å². The van der Waals surface area contributed by atoms with E-state index in [-0.39, 0.29) is 4.87 Å². The molecule has 0 aliphatic rings. The maximum Gasteiger partial charge on any atom is 0.307 e. The summed E-state index contributed by atoms with van der Waals surface area (Å²) in [5.74, 6) is 0. The van der Waals surface area contributed by atoms with Crippen LogP contribution in [0.15, 0.2) is 29.1 Å². The van der Waals surface area contributed by atoms with E-state index in [4.69, 9.17) is 17.3 Å². The molecule has 0 aliphatic carbocycles. The van der Waals surface area contributed by atoms with Crippen molar-refractivity contribution in [2.75, 3.05) is 6.54 Å². The third-order valence-corrected chi connectivity index (χ3v) is 3.91. The summed E-state index contributed by atoms with van der Waals surface area (Å²) in [5.41, 5.74) is 7.51. The lowest BCUT2D eigenvalue weighted by Gasteiger charge is -2.08. The van der Waals surface area contributed by atoms with Crippen LogP contribution in [0.2, 0.25) is 5.02 Å². The molecule has 0 bridgehead atoms. The Labute approximate surface area is 115 Å². The minimum absolute atomic E-state index is 0.0749. The highest BCUT2D eigenvalue weighted by Gasteiger charge is 2.13. The SMILES string of the molecule is Cc1sc(=O)n(CCCN)c1-c1ccc(Cl)cc1. The molecule has 2 aromatic rings. The molecule has 5 heteroatoms. The lowest BCUT2D eigenvalue weighted by Crippen LogP contribution is -2.16. The molecule has 2 N–H and O–H groups in total. The number of hydrogen-bond donors (Lipinski definition) is 1. The molecule has 0 fully saturated rings. The Morgan fingerprint density at radius 3 is 2.61 bits per heavy atom. The van der Waals surface area contributed by atoms with Gasteiger partial charge in [-0.15, -0.1) is 0 Å². The molecule has 0 atom stereocenters. The van der Waals surface area contributed by atoms with Gasteiger partial charge in [-0.25, -0.2) is 0 Å². The van der Waals surface area contributed by atoms with Crippen molar-refractivity contribution < 1.29 is 0 Å². The van der Waals surface area contributed by atoms with E-state index in [9.17, 15) is 4.79 Å². The van der Waals surface area contributed by atoms with Gasteiger partial charge in [-0.1, -0.05) is 35.1 Å². The van der Waals surface area contributed by atoms with Crippen LogP contribution in [0.5, 0.6) is 0 Å². The van der Waals surface area contributed by atoms with E-state index in [0.29, 0.717) is 18.1 Å². The van der Waals surface area contributed by atoms with Gasteiger partial charge in [-0.05, 0) is 37.6 Å². The molecule has 1 heterocycles. The van der Waals surface area contributed by atoms with Gasteiger partial charge in [0.05, 0.1) is 5.69 Å². The molecule has 0 spiro atoms. The quantitative estimate of drug-likeness (QED) is 0.937. The van der Waals surface area contributed by atoms with Crippen LogP contribution in [0.3, 0.4) is 0 Å². The van der Waals surface area contributed by atoms with Crippen LogP contribution < -0.4 is 10.6 Å². The number of thiazole rings is 1. The summed E-state index contributed by atoms with van der Waals surface area (Å²) < 4.78 is 1.80. The number of halogens is 1. The smallest absolute Gasteiger partial charge is 0.307 e. The Bertz CT molecular complexity index is 586. The van der Waals surface area contributed by atoms with Crippen molar-refractivity contribution in [3.05, 3.63) is 43.8 Å². The Hall–Kier alpha value is -1.10. The molecule has 0 unspecified atom stereocenters. The maximum absolute atomic E-state index is 11.9. The summed E-state index contributed by atoms with van der Waals surface area (Å²) in [6, 6.07) is 7.56. The lowest BCUT2D eigenvalue weighted by atomic mass is 10.1. The predicted octanol–water partition coefficient (Wildman–Crippen LogP) is 2.89. The topological polar surface area (TPSA) is 48.0 Å². The van der Waals surface area contributed by atoms with E-state index in [1.54, 1.807) is 4.57 Å². The Morgan fingerprint density at radius 2 is 2.00 bits per heavy atom. The molecule has 18 heavy (non-hydrogen) atoms. The van der Waals surface area contributed by atoms with Crippen molar-refractivity contribution in [2.45, 2.75) is 19.9 Å². The zero-order valence-corrected chi connectivity index (χ0v) is 11.7. The largest absolute Gasteiger partial charge is 0.330 e. The van der Waals surface area contributed by atoms with Gasteiger partial charge in [0.25, 0.3) is 0 Å². The molecule has 1 aromatic heterocycles. The Balaban J connectivity index is 2.48. The lowest BCUT2D eigenvalue weighted by molar-refractivity contribution is 0.647. The Kier molecular flexibility index (Phi) is 4.22. The maximum atomic E-state index is 11.9. The number of nitrogens with two attached hydrogens (primary N) is 1. The average molecular weight is 283 g/mol. The van der Waals surface area contributed by atoms with Gasteiger partial charge < -0.3 is 5.73 Å². The van der Waals surface area contributed by atoms with E-state index in [2.05, 4.69) is 0 Å². The minimum Gasteiger partial charge on any atom is -0.330 e. The minimum atomic E-state index is 0.0749. The number of hydrogen-bond acceptors (Lipinski definition) is 3. The third-order valence-electron chi connectivity index (χ3n) is 2.77. The predicted molar refractivity (Wildman–Crippen MR) is 77.4 cm³/mol. The highest BCUT2D eigenvalue weighted by molar-refractivity contribution is 7.09. The van der Waals surface area contributed by atoms with Gasteiger partial charge in [0.15, 0.2) is 0 Å². The van der Waals surface area contributed by atoms with Crippen LogP contribution in [0.25, 0.3) is 11.3 Å². The van der Waals surface area contributed by atoms with Gasteiger partial charge >= 0.3 is 4.87 Å². The average Bonchev–Trinajstić information content (AvgIpc) is 2.62. The van der Waals surface area contributed by atoms with Crippen molar-refractivity contribution >= 4 is 22.9 Å². The van der Waals surface area contributed by atoms with Crippen molar-refractivity contribution in [2.24, 2.45) is 5.73 Å². The number of aryl methyl sites for hydroxylation is 1. The molecule has 1 aromatic carbocycles. The first-order valence-electron chi connectivity index (χ1n) is 5.79. The summed E-state index contributed by atoms with van der Waals surface area (Å²) in [5, 5.41) is 0.697. The number of benzene rings is 1. The van der Waals surface area contributed by atoms with Crippen LogP contribution in [0.4, 0.5) is 0 Å². The molecule has 0 saturated carbocycles. The molecule has 3 nitrogen and oxygen atoms in total. The fourth-order valence-electron chi connectivity index (χ4n) is 1.94. The molecule has 0 amide bonds. The van der Waals surface area contributed by atoms with E-state index >= 15 is 0 Å². The van der Waals surface area contributed by atoms with E-state index in [1.165, 1.54) is 11.3 Å². The highest BCUT2D eigenvalue weighted by Crippen LogP contribution is 2.26. The number of rotatable bonds is 4. The van der Waals surface area contributed by atoms with Crippen LogP contribution in [-0.4, -0.2) is 11.1 Å². The Morgan fingerprint density at radius 1 is 1.33 bits per heavy atom. The van der Waals surface area contributed by atoms with E-state index in [1.807, 2.05) is 31.2 Å². The second-order valence-corrected chi connectivity index (χ2v) is 5.68. The second kappa shape index (κ2) is 5.69. The van der Waals surface area contributed by atoms with Crippen LogP contribution in [-0.2, 0) is 6.54 Å². The van der Waals surface area contributed by atoms with E-state index in [0.717, 1.165) is 22.6 Å². The molecule has 2 rings (SSSR count). The van der Waals surface area contributed by atoms with Gasteiger partial charge in [0, 0.05) is 16.4 Å².